The number of nitrogens with zero attached hydrogens (tertiary/aromatic N) is 2. The van der Waals surface area contributed by atoms with Crippen LogP contribution in [0.15, 0.2) is 41.1 Å². The van der Waals surface area contributed by atoms with E-state index in [1.165, 1.54) is 0 Å². The van der Waals surface area contributed by atoms with Gasteiger partial charge in [-0.2, -0.15) is 11.3 Å². The number of amides is 3. The lowest BCUT2D eigenvalue weighted by Gasteiger charge is -2.20. The molecule has 7 heteroatoms. The number of carbonyl (C=O) groups is 2. The predicted octanol–water partition coefficient (Wildman–Crippen LogP) is 2.32. The second-order valence-electron chi connectivity index (χ2n) is 5.44. The average Bonchev–Trinajstić information content (AvgIpc) is 3.24. The van der Waals surface area contributed by atoms with Gasteiger partial charge in [-0.05, 0) is 34.5 Å². The van der Waals surface area contributed by atoms with Gasteiger partial charge in [0.05, 0.1) is 12.8 Å². The molecule has 1 fully saturated rings. The van der Waals surface area contributed by atoms with Crippen LogP contribution >= 0.6 is 11.3 Å². The Balaban J connectivity index is 1.58. The standard InChI is InChI=1S/C17H19N3O3S/c1-23-15-5-3-2-4-14(15)20-8-7-19(17(20)22)11-16(21)18-10-13-6-9-24-12-13/h2-6,9,12H,7-8,10-11H2,1H3,(H,18,21). The second-order valence-corrected chi connectivity index (χ2v) is 6.22. The Labute approximate surface area is 144 Å². The van der Waals surface area contributed by atoms with Crippen molar-refractivity contribution in [2.45, 2.75) is 6.54 Å². The molecule has 3 amide bonds. The van der Waals surface area contributed by atoms with Gasteiger partial charge < -0.3 is 15.0 Å². The molecule has 2 heterocycles. The van der Waals surface area contributed by atoms with Gasteiger partial charge in [0.2, 0.25) is 5.91 Å². The molecule has 1 saturated heterocycles. The molecule has 1 aromatic heterocycles. The fraction of sp³-hybridized carbons (Fsp3) is 0.294. The van der Waals surface area contributed by atoms with Crippen LogP contribution in [0.1, 0.15) is 5.56 Å². The number of anilines is 1. The first-order chi connectivity index (χ1) is 11.7. The summed E-state index contributed by atoms with van der Waals surface area (Å²) in [6, 6.07) is 9.18. The molecule has 6 nitrogen and oxygen atoms in total. The first-order valence-corrected chi connectivity index (χ1v) is 8.60. The van der Waals surface area contributed by atoms with Crippen molar-refractivity contribution in [3.63, 3.8) is 0 Å². The molecule has 0 saturated carbocycles. The summed E-state index contributed by atoms with van der Waals surface area (Å²) in [7, 11) is 1.58. The zero-order valence-corrected chi connectivity index (χ0v) is 14.2. The molecule has 126 valence electrons. The third-order valence-electron chi connectivity index (χ3n) is 3.88. The molecular weight excluding hydrogens is 326 g/mol. The van der Waals surface area contributed by atoms with Crippen LogP contribution in [-0.2, 0) is 11.3 Å². The fourth-order valence-electron chi connectivity index (χ4n) is 2.63. The number of carbonyl (C=O) groups excluding carboxylic acids is 2. The van der Waals surface area contributed by atoms with Gasteiger partial charge in [0.15, 0.2) is 0 Å². The van der Waals surface area contributed by atoms with Crippen molar-refractivity contribution in [2.24, 2.45) is 0 Å². The van der Waals surface area contributed by atoms with Crippen molar-refractivity contribution in [1.82, 2.24) is 10.2 Å². The van der Waals surface area contributed by atoms with E-state index in [4.69, 9.17) is 4.74 Å². The van der Waals surface area contributed by atoms with Crippen LogP contribution in [0.3, 0.4) is 0 Å². The average molecular weight is 345 g/mol. The van der Waals surface area contributed by atoms with E-state index in [1.54, 1.807) is 28.2 Å². The highest BCUT2D eigenvalue weighted by atomic mass is 32.1. The number of rotatable bonds is 6. The summed E-state index contributed by atoms with van der Waals surface area (Å²) >= 11 is 1.59. The number of hydrogen-bond donors (Lipinski definition) is 1. The highest BCUT2D eigenvalue weighted by Gasteiger charge is 2.32. The summed E-state index contributed by atoms with van der Waals surface area (Å²) in [5, 5.41) is 6.80. The van der Waals surface area contributed by atoms with Gasteiger partial charge in [0, 0.05) is 19.6 Å². The largest absolute Gasteiger partial charge is 0.495 e. The lowest BCUT2D eigenvalue weighted by Crippen LogP contribution is -2.39. The van der Waals surface area contributed by atoms with Gasteiger partial charge in [0.25, 0.3) is 0 Å². The Bertz CT molecular complexity index is 718. The number of ether oxygens (including phenoxy) is 1. The van der Waals surface area contributed by atoms with Crippen molar-refractivity contribution in [3.05, 3.63) is 46.7 Å². The molecule has 0 bridgehead atoms. The quantitative estimate of drug-likeness (QED) is 0.874. The zero-order valence-electron chi connectivity index (χ0n) is 13.4. The number of hydrogen-bond acceptors (Lipinski definition) is 4. The van der Waals surface area contributed by atoms with Crippen LogP contribution in [0.25, 0.3) is 0 Å². The Morgan fingerprint density at radius 1 is 1.29 bits per heavy atom. The first kappa shape index (κ1) is 16.3. The third-order valence-corrected chi connectivity index (χ3v) is 4.61. The van der Waals surface area contributed by atoms with E-state index in [1.807, 2.05) is 41.1 Å². The van der Waals surface area contributed by atoms with Gasteiger partial charge >= 0.3 is 6.03 Å². The summed E-state index contributed by atoms with van der Waals surface area (Å²) < 4.78 is 5.31. The molecule has 24 heavy (non-hydrogen) atoms. The summed E-state index contributed by atoms with van der Waals surface area (Å²) in [5.74, 6) is 0.492. The molecule has 1 aliphatic rings. The summed E-state index contributed by atoms with van der Waals surface area (Å²) in [6.07, 6.45) is 0. The van der Waals surface area contributed by atoms with Gasteiger partial charge in [0.1, 0.15) is 12.3 Å². The van der Waals surface area contributed by atoms with Crippen LogP contribution in [-0.4, -0.2) is 43.6 Å². The third kappa shape index (κ3) is 3.51. The van der Waals surface area contributed by atoms with Gasteiger partial charge in [-0.15, -0.1) is 0 Å². The summed E-state index contributed by atoms with van der Waals surface area (Å²) in [4.78, 5) is 27.8. The highest BCUT2D eigenvalue weighted by molar-refractivity contribution is 7.07. The molecule has 0 unspecified atom stereocenters. The Hall–Kier alpha value is -2.54. The number of thiophene rings is 1. The molecule has 1 aliphatic heterocycles. The molecule has 1 N–H and O–H groups in total. The number of para-hydroxylation sites is 2. The van der Waals surface area contributed by atoms with Gasteiger partial charge in [-0.25, -0.2) is 4.79 Å². The number of nitrogens with one attached hydrogen (secondary N) is 1. The van der Waals surface area contributed by atoms with E-state index < -0.39 is 0 Å². The van der Waals surface area contributed by atoms with Gasteiger partial charge in [-0.3, -0.25) is 9.69 Å². The monoisotopic (exact) mass is 345 g/mol. The number of methoxy groups -OCH3 is 1. The maximum absolute atomic E-state index is 12.6. The van der Waals surface area contributed by atoms with Crippen LogP contribution in [0.2, 0.25) is 0 Å². The minimum Gasteiger partial charge on any atom is -0.495 e. The number of benzene rings is 1. The normalized spacial score (nSPS) is 14.1. The Morgan fingerprint density at radius 3 is 2.88 bits per heavy atom. The summed E-state index contributed by atoms with van der Waals surface area (Å²) in [6.45, 7) is 1.61. The van der Waals surface area contributed by atoms with E-state index in [0.29, 0.717) is 25.4 Å². The van der Waals surface area contributed by atoms with E-state index in [0.717, 1.165) is 11.3 Å². The van der Waals surface area contributed by atoms with E-state index in [9.17, 15) is 9.59 Å². The van der Waals surface area contributed by atoms with Crippen molar-refractivity contribution in [2.75, 3.05) is 31.6 Å². The summed E-state index contributed by atoms with van der Waals surface area (Å²) in [5.41, 5.74) is 1.79. The Morgan fingerprint density at radius 2 is 2.12 bits per heavy atom. The first-order valence-electron chi connectivity index (χ1n) is 7.66. The molecule has 1 aromatic carbocycles. The van der Waals surface area contributed by atoms with Crippen LogP contribution in [0, 0.1) is 0 Å². The molecule has 0 spiro atoms. The lowest BCUT2D eigenvalue weighted by atomic mass is 10.2. The van der Waals surface area contributed by atoms with E-state index in [-0.39, 0.29) is 18.5 Å². The van der Waals surface area contributed by atoms with Crippen LogP contribution in [0.4, 0.5) is 10.5 Å². The number of urea groups is 1. The van der Waals surface area contributed by atoms with Gasteiger partial charge in [-0.1, -0.05) is 12.1 Å². The van der Waals surface area contributed by atoms with E-state index in [2.05, 4.69) is 5.32 Å². The molecule has 0 aliphatic carbocycles. The molecule has 0 radical (unpaired) electrons. The smallest absolute Gasteiger partial charge is 0.325 e. The van der Waals surface area contributed by atoms with Crippen molar-refractivity contribution in [3.8, 4) is 5.75 Å². The lowest BCUT2D eigenvalue weighted by molar-refractivity contribution is -0.121. The molecule has 0 atom stereocenters. The minimum absolute atomic E-state index is 0.0641. The molecule has 3 rings (SSSR count). The predicted molar refractivity (Wildman–Crippen MR) is 93.5 cm³/mol. The maximum Gasteiger partial charge on any atom is 0.325 e. The SMILES string of the molecule is COc1ccccc1N1CCN(CC(=O)NCc2ccsc2)C1=O. The second kappa shape index (κ2) is 7.35. The zero-order chi connectivity index (χ0) is 16.9. The minimum atomic E-state index is -0.176. The topological polar surface area (TPSA) is 61.9 Å². The van der Waals surface area contributed by atoms with Crippen molar-refractivity contribution >= 4 is 29.0 Å². The van der Waals surface area contributed by atoms with Crippen molar-refractivity contribution < 1.29 is 14.3 Å². The Kier molecular flexibility index (Phi) is 5.00. The molecule has 2 aromatic rings. The maximum atomic E-state index is 12.6. The van der Waals surface area contributed by atoms with Crippen LogP contribution in [0.5, 0.6) is 5.75 Å². The highest BCUT2D eigenvalue weighted by Crippen LogP contribution is 2.30. The molecular formula is C17H19N3O3S. The van der Waals surface area contributed by atoms with Crippen LogP contribution < -0.4 is 15.0 Å². The van der Waals surface area contributed by atoms with Crippen molar-refractivity contribution in [1.29, 1.82) is 0 Å². The van der Waals surface area contributed by atoms with E-state index >= 15 is 0 Å². The fourth-order valence-corrected chi connectivity index (χ4v) is 3.30.